The third-order valence-electron chi connectivity index (χ3n) is 4.89. The van der Waals surface area contributed by atoms with Gasteiger partial charge in [-0.25, -0.2) is 0 Å². The number of aliphatic imine (C=N–C) groups is 1. The summed E-state index contributed by atoms with van der Waals surface area (Å²) in [6.07, 6.45) is 5.85. The van der Waals surface area contributed by atoms with Crippen LogP contribution in [0.1, 0.15) is 39.5 Å². The molecule has 2 saturated heterocycles. The molecule has 0 radical (unpaired) electrons. The van der Waals surface area contributed by atoms with Crippen LogP contribution in [0, 0.1) is 0 Å². The summed E-state index contributed by atoms with van der Waals surface area (Å²) in [5, 5.41) is 6.85. The molecule has 2 fully saturated rings. The fourth-order valence-corrected chi connectivity index (χ4v) is 4.00. The molecular formula is C17H32N4O2S. The highest BCUT2D eigenvalue weighted by molar-refractivity contribution is 8.00. The summed E-state index contributed by atoms with van der Waals surface area (Å²) in [6, 6.07) is 0.290. The van der Waals surface area contributed by atoms with Crippen molar-refractivity contribution < 1.29 is 9.53 Å². The van der Waals surface area contributed by atoms with Crippen molar-refractivity contribution in [2.24, 2.45) is 4.99 Å². The minimum atomic E-state index is 0.195. The van der Waals surface area contributed by atoms with Crippen LogP contribution >= 0.6 is 11.8 Å². The molecule has 2 N–H and O–H groups in total. The number of likely N-dealkylation sites (tertiary alicyclic amines) is 1. The van der Waals surface area contributed by atoms with Gasteiger partial charge < -0.3 is 20.3 Å². The first-order valence-electron chi connectivity index (χ1n) is 9.08. The van der Waals surface area contributed by atoms with Gasteiger partial charge in [0.1, 0.15) is 0 Å². The molecule has 2 heterocycles. The van der Waals surface area contributed by atoms with Crippen molar-refractivity contribution in [2.75, 3.05) is 45.6 Å². The van der Waals surface area contributed by atoms with Crippen molar-refractivity contribution in [3.05, 3.63) is 0 Å². The van der Waals surface area contributed by atoms with E-state index in [2.05, 4.69) is 23.8 Å². The van der Waals surface area contributed by atoms with Crippen LogP contribution in [0.4, 0.5) is 0 Å². The number of hydrogen-bond donors (Lipinski definition) is 2. The molecule has 2 aliphatic rings. The van der Waals surface area contributed by atoms with E-state index in [4.69, 9.17) is 9.73 Å². The van der Waals surface area contributed by atoms with Crippen molar-refractivity contribution in [3.8, 4) is 0 Å². The summed E-state index contributed by atoms with van der Waals surface area (Å²) < 4.78 is 5.70. The zero-order chi connectivity index (χ0) is 17.4. The van der Waals surface area contributed by atoms with Gasteiger partial charge in [0.15, 0.2) is 5.96 Å². The molecule has 2 rings (SSSR count). The Morgan fingerprint density at radius 3 is 2.75 bits per heavy atom. The Balaban J connectivity index is 1.92. The SMILES string of the molecule is CCNC(=NCC1(SC)CCOCC1)NC1CCN(C(=O)CC)C1. The molecule has 138 valence electrons. The second kappa shape index (κ2) is 9.51. The number of nitrogens with zero attached hydrogens (tertiary/aromatic N) is 2. The molecule has 0 bridgehead atoms. The van der Waals surface area contributed by atoms with Crippen LogP contribution in [0.2, 0.25) is 0 Å². The molecule has 2 aliphatic heterocycles. The molecule has 1 amide bonds. The molecule has 1 unspecified atom stereocenters. The number of amides is 1. The van der Waals surface area contributed by atoms with Gasteiger partial charge in [0.05, 0.1) is 6.54 Å². The number of thioether (sulfide) groups is 1. The van der Waals surface area contributed by atoms with Gasteiger partial charge in [-0.3, -0.25) is 9.79 Å². The van der Waals surface area contributed by atoms with Crippen LogP contribution in [0.15, 0.2) is 4.99 Å². The number of carbonyl (C=O) groups excluding carboxylic acids is 1. The molecule has 6 nitrogen and oxygen atoms in total. The highest BCUT2D eigenvalue weighted by atomic mass is 32.2. The Kier molecular flexibility index (Phi) is 7.68. The molecule has 0 aromatic heterocycles. The average molecular weight is 357 g/mol. The second-order valence-corrected chi connectivity index (χ2v) is 7.79. The number of ether oxygens (including phenoxy) is 1. The summed E-state index contributed by atoms with van der Waals surface area (Å²) in [7, 11) is 0. The normalized spacial score (nSPS) is 24.0. The van der Waals surface area contributed by atoms with E-state index in [1.54, 1.807) is 0 Å². The van der Waals surface area contributed by atoms with E-state index in [0.29, 0.717) is 12.5 Å². The molecule has 0 saturated carbocycles. The van der Waals surface area contributed by atoms with E-state index < -0.39 is 0 Å². The van der Waals surface area contributed by atoms with Crippen molar-refractivity contribution in [1.29, 1.82) is 0 Å². The fraction of sp³-hybridized carbons (Fsp3) is 0.882. The quantitative estimate of drug-likeness (QED) is 0.557. The first-order chi connectivity index (χ1) is 11.6. The van der Waals surface area contributed by atoms with E-state index >= 15 is 0 Å². The summed E-state index contributed by atoms with van der Waals surface area (Å²) in [5.74, 6) is 1.11. The number of carbonyl (C=O) groups is 1. The summed E-state index contributed by atoms with van der Waals surface area (Å²) in [6.45, 7) is 8.92. The lowest BCUT2D eigenvalue weighted by Gasteiger charge is -2.34. The molecule has 0 aromatic carbocycles. The van der Waals surface area contributed by atoms with E-state index in [1.165, 1.54) is 0 Å². The molecule has 7 heteroatoms. The van der Waals surface area contributed by atoms with Gasteiger partial charge >= 0.3 is 0 Å². The first-order valence-corrected chi connectivity index (χ1v) is 10.3. The maximum Gasteiger partial charge on any atom is 0.222 e. The van der Waals surface area contributed by atoms with E-state index in [-0.39, 0.29) is 10.7 Å². The van der Waals surface area contributed by atoms with Gasteiger partial charge in [0.25, 0.3) is 0 Å². The van der Waals surface area contributed by atoms with E-state index in [9.17, 15) is 4.79 Å². The Labute approximate surface area is 150 Å². The van der Waals surface area contributed by atoms with Crippen LogP contribution in [0.5, 0.6) is 0 Å². The molecule has 0 aromatic rings. The standard InChI is InChI=1S/C17H32N4O2S/c1-4-15(22)21-9-6-14(12-21)20-16(18-5-2)19-13-17(24-3)7-10-23-11-8-17/h14H,4-13H2,1-3H3,(H2,18,19,20). The predicted molar refractivity (Wildman–Crippen MR) is 101 cm³/mol. The Morgan fingerprint density at radius 1 is 1.38 bits per heavy atom. The van der Waals surface area contributed by atoms with Crippen molar-refractivity contribution in [3.63, 3.8) is 0 Å². The predicted octanol–water partition coefficient (Wildman–Crippen LogP) is 1.46. The Morgan fingerprint density at radius 2 is 2.12 bits per heavy atom. The van der Waals surface area contributed by atoms with Gasteiger partial charge in [-0.1, -0.05) is 6.92 Å². The summed E-state index contributed by atoms with van der Waals surface area (Å²) >= 11 is 1.91. The van der Waals surface area contributed by atoms with E-state index in [0.717, 1.165) is 64.6 Å². The monoisotopic (exact) mass is 356 g/mol. The topological polar surface area (TPSA) is 66.0 Å². The van der Waals surface area contributed by atoms with Crippen LogP contribution in [0.25, 0.3) is 0 Å². The van der Waals surface area contributed by atoms with Gasteiger partial charge in [0.2, 0.25) is 5.91 Å². The fourth-order valence-electron chi connectivity index (χ4n) is 3.23. The van der Waals surface area contributed by atoms with Crippen LogP contribution in [-0.2, 0) is 9.53 Å². The lowest BCUT2D eigenvalue weighted by atomic mass is 9.99. The molecule has 24 heavy (non-hydrogen) atoms. The highest BCUT2D eigenvalue weighted by Crippen LogP contribution is 2.33. The maximum absolute atomic E-state index is 11.8. The number of rotatable bonds is 6. The number of nitrogens with one attached hydrogen (secondary N) is 2. The van der Waals surface area contributed by atoms with Gasteiger partial charge in [-0.05, 0) is 32.4 Å². The number of guanidine groups is 1. The second-order valence-electron chi connectivity index (χ2n) is 6.52. The maximum atomic E-state index is 11.8. The third kappa shape index (κ3) is 5.28. The molecule has 0 aliphatic carbocycles. The summed E-state index contributed by atoms with van der Waals surface area (Å²) in [4.78, 5) is 18.6. The highest BCUT2D eigenvalue weighted by Gasteiger charge is 2.32. The molecule has 0 spiro atoms. The smallest absolute Gasteiger partial charge is 0.222 e. The van der Waals surface area contributed by atoms with E-state index in [1.807, 2.05) is 23.6 Å². The zero-order valence-corrected chi connectivity index (χ0v) is 16.1. The zero-order valence-electron chi connectivity index (χ0n) is 15.3. The summed E-state index contributed by atoms with van der Waals surface area (Å²) in [5.41, 5.74) is 0. The van der Waals surface area contributed by atoms with Crippen molar-refractivity contribution >= 4 is 23.6 Å². The van der Waals surface area contributed by atoms with Gasteiger partial charge in [0, 0.05) is 50.1 Å². The Hall–Kier alpha value is -0.950. The minimum absolute atomic E-state index is 0.195. The van der Waals surface area contributed by atoms with Gasteiger partial charge in [-0.15, -0.1) is 0 Å². The third-order valence-corrected chi connectivity index (χ3v) is 6.29. The molecule has 1 atom stereocenters. The Bertz CT molecular complexity index is 438. The lowest BCUT2D eigenvalue weighted by Crippen LogP contribution is -2.46. The van der Waals surface area contributed by atoms with Crippen LogP contribution < -0.4 is 10.6 Å². The largest absolute Gasteiger partial charge is 0.381 e. The van der Waals surface area contributed by atoms with Gasteiger partial charge in [-0.2, -0.15) is 11.8 Å². The van der Waals surface area contributed by atoms with Crippen molar-refractivity contribution in [1.82, 2.24) is 15.5 Å². The lowest BCUT2D eigenvalue weighted by molar-refractivity contribution is -0.129. The van der Waals surface area contributed by atoms with Crippen molar-refractivity contribution in [2.45, 2.75) is 50.3 Å². The minimum Gasteiger partial charge on any atom is -0.381 e. The first kappa shape index (κ1) is 19.4. The average Bonchev–Trinajstić information content (AvgIpc) is 3.08. The molecular weight excluding hydrogens is 324 g/mol. The van der Waals surface area contributed by atoms with Crippen LogP contribution in [0.3, 0.4) is 0 Å². The number of hydrogen-bond acceptors (Lipinski definition) is 4. The van der Waals surface area contributed by atoms with Crippen LogP contribution in [-0.4, -0.2) is 73.2 Å².